The van der Waals surface area contributed by atoms with Crippen LogP contribution in [0.5, 0.6) is 0 Å². The van der Waals surface area contributed by atoms with Crippen molar-refractivity contribution in [2.75, 3.05) is 13.1 Å². The van der Waals surface area contributed by atoms with Crippen molar-refractivity contribution in [1.82, 2.24) is 5.32 Å². The Balaban J connectivity index is 2.56. The van der Waals surface area contributed by atoms with Crippen LogP contribution in [-0.2, 0) is 6.42 Å². The minimum atomic E-state index is -0.00387. The Kier molecular flexibility index (Phi) is 5.35. The maximum atomic E-state index is 11.9. The molecule has 0 aliphatic heterocycles. The average Bonchev–Trinajstić information content (AvgIpc) is 2.37. The van der Waals surface area contributed by atoms with E-state index in [-0.39, 0.29) is 11.3 Å². The van der Waals surface area contributed by atoms with Crippen LogP contribution >= 0.6 is 0 Å². The lowest BCUT2D eigenvalue weighted by molar-refractivity contribution is 0.0935. The Hall–Kier alpha value is -1.35. The fourth-order valence-electron chi connectivity index (χ4n) is 1.54. The number of rotatable bonds is 6. The Bertz CT molecular complexity index is 382. The van der Waals surface area contributed by atoms with E-state index in [9.17, 15) is 4.79 Å². The summed E-state index contributed by atoms with van der Waals surface area (Å²) in [4.78, 5) is 11.9. The Morgan fingerprint density at radius 3 is 2.39 bits per heavy atom. The lowest BCUT2D eigenvalue weighted by atomic mass is 9.90. The summed E-state index contributed by atoms with van der Waals surface area (Å²) >= 11 is 0. The van der Waals surface area contributed by atoms with Gasteiger partial charge < -0.3 is 11.1 Å². The van der Waals surface area contributed by atoms with Gasteiger partial charge in [0.05, 0.1) is 0 Å². The van der Waals surface area contributed by atoms with Crippen molar-refractivity contribution in [3.8, 4) is 0 Å². The van der Waals surface area contributed by atoms with Gasteiger partial charge in [0.1, 0.15) is 0 Å². The lowest BCUT2D eigenvalue weighted by Gasteiger charge is -2.22. The second kappa shape index (κ2) is 6.55. The van der Waals surface area contributed by atoms with Gasteiger partial charge in [0.15, 0.2) is 0 Å². The van der Waals surface area contributed by atoms with Gasteiger partial charge in [-0.3, -0.25) is 4.79 Å². The van der Waals surface area contributed by atoms with Crippen LogP contribution in [0.25, 0.3) is 0 Å². The smallest absolute Gasteiger partial charge is 0.251 e. The predicted molar refractivity (Wildman–Crippen MR) is 75.6 cm³/mol. The molecule has 100 valence electrons. The number of hydrogen-bond acceptors (Lipinski definition) is 2. The first-order valence-electron chi connectivity index (χ1n) is 6.56. The van der Waals surface area contributed by atoms with Crippen LogP contribution in [0, 0.1) is 5.41 Å². The average molecular weight is 248 g/mol. The van der Waals surface area contributed by atoms with Gasteiger partial charge in [-0.1, -0.05) is 32.9 Å². The van der Waals surface area contributed by atoms with E-state index in [1.807, 2.05) is 24.3 Å². The van der Waals surface area contributed by atoms with E-state index in [4.69, 9.17) is 5.73 Å². The van der Waals surface area contributed by atoms with Crippen LogP contribution in [0.2, 0.25) is 0 Å². The van der Waals surface area contributed by atoms with Crippen LogP contribution in [-0.4, -0.2) is 19.0 Å². The fraction of sp³-hybridized carbons (Fsp3) is 0.533. The van der Waals surface area contributed by atoms with Crippen molar-refractivity contribution in [3.05, 3.63) is 35.4 Å². The molecule has 0 unspecified atom stereocenters. The van der Waals surface area contributed by atoms with E-state index in [2.05, 4.69) is 26.1 Å². The Morgan fingerprint density at radius 2 is 1.89 bits per heavy atom. The first-order chi connectivity index (χ1) is 8.48. The third-order valence-corrected chi connectivity index (χ3v) is 3.33. The van der Waals surface area contributed by atoms with E-state index in [1.54, 1.807) is 0 Å². The normalized spacial score (nSPS) is 11.3. The van der Waals surface area contributed by atoms with Gasteiger partial charge in [-0.25, -0.2) is 0 Å². The van der Waals surface area contributed by atoms with Gasteiger partial charge in [0.25, 0.3) is 5.91 Å². The van der Waals surface area contributed by atoms with Gasteiger partial charge in [-0.2, -0.15) is 0 Å². The summed E-state index contributed by atoms with van der Waals surface area (Å²) in [5.74, 6) is -0.00387. The minimum Gasteiger partial charge on any atom is -0.352 e. The SMILES string of the molecule is CCC(C)(C)CNC(=O)c1ccc(CCN)cc1. The molecule has 1 aromatic carbocycles. The molecule has 0 radical (unpaired) electrons. The molecule has 18 heavy (non-hydrogen) atoms. The molecule has 3 N–H and O–H groups in total. The van der Waals surface area contributed by atoms with Crippen LogP contribution < -0.4 is 11.1 Å². The molecule has 0 saturated carbocycles. The molecule has 0 heterocycles. The number of benzene rings is 1. The van der Waals surface area contributed by atoms with Crippen molar-refractivity contribution >= 4 is 5.91 Å². The second-order valence-corrected chi connectivity index (χ2v) is 5.44. The topological polar surface area (TPSA) is 55.1 Å². The highest BCUT2D eigenvalue weighted by Crippen LogP contribution is 2.17. The first kappa shape index (κ1) is 14.7. The highest BCUT2D eigenvalue weighted by molar-refractivity contribution is 5.94. The zero-order valence-corrected chi connectivity index (χ0v) is 11.6. The molecule has 0 aromatic heterocycles. The molecular formula is C15H24N2O. The summed E-state index contributed by atoms with van der Waals surface area (Å²) in [6.07, 6.45) is 1.90. The molecule has 1 rings (SSSR count). The number of nitrogens with one attached hydrogen (secondary N) is 1. The zero-order valence-electron chi connectivity index (χ0n) is 11.6. The molecule has 3 heteroatoms. The molecular weight excluding hydrogens is 224 g/mol. The van der Waals surface area contributed by atoms with Crippen molar-refractivity contribution in [2.45, 2.75) is 33.6 Å². The Morgan fingerprint density at radius 1 is 1.28 bits per heavy atom. The summed E-state index contributed by atoms with van der Waals surface area (Å²) in [5.41, 5.74) is 7.52. The molecule has 0 fully saturated rings. The van der Waals surface area contributed by atoms with E-state index in [0.29, 0.717) is 18.7 Å². The largest absolute Gasteiger partial charge is 0.352 e. The quantitative estimate of drug-likeness (QED) is 0.812. The van der Waals surface area contributed by atoms with Crippen molar-refractivity contribution < 1.29 is 4.79 Å². The maximum Gasteiger partial charge on any atom is 0.251 e. The summed E-state index contributed by atoms with van der Waals surface area (Å²) in [7, 11) is 0. The molecule has 1 aromatic rings. The van der Waals surface area contributed by atoms with Gasteiger partial charge in [-0.15, -0.1) is 0 Å². The summed E-state index contributed by atoms with van der Waals surface area (Å²) in [5, 5.41) is 2.98. The number of nitrogens with two attached hydrogens (primary N) is 1. The van der Waals surface area contributed by atoms with Gasteiger partial charge in [0, 0.05) is 12.1 Å². The van der Waals surface area contributed by atoms with E-state index >= 15 is 0 Å². The molecule has 0 atom stereocenters. The molecule has 0 aliphatic carbocycles. The van der Waals surface area contributed by atoms with Crippen LogP contribution in [0.15, 0.2) is 24.3 Å². The van der Waals surface area contributed by atoms with Gasteiger partial charge >= 0.3 is 0 Å². The fourth-order valence-corrected chi connectivity index (χ4v) is 1.54. The number of amides is 1. The second-order valence-electron chi connectivity index (χ2n) is 5.44. The first-order valence-corrected chi connectivity index (χ1v) is 6.56. The van der Waals surface area contributed by atoms with Crippen LogP contribution in [0.4, 0.5) is 0 Å². The molecule has 0 spiro atoms. The Labute approximate surface area is 110 Å². The third-order valence-electron chi connectivity index (χ3n) is 3.33. The summed E-state index contributed by atoms with van der Waals surface area (Å²) < 4.78 is 0. The van der Waals surface area contributed by atoms with Gasteiger partial charge in [-0.05, 0) is 42.5 Å². The predicted octanol–water partition coefficient (Wildman–Crippen LogP) is 2.35. The van der Waals surface area contributed by atoms with Crippen LogP contribution in [0.3, 0.4) is 0 Å². The maximum absolute atomic E-state index is 11.9. The van der Waals surface area contributed by atoms with Crippen LogP contribution in [0.1, 0.15) is 43.1 Å². The summed E-state index contributed by atoms with van der Waals surface area (Å²) in [6.45, 7) is 7.77. The van der Waals surface area contributed by atoms with E-state index < -0.39 is 0 Å². The molecule has 0 saturated heterocycles. The van der Waals surface area contributed by atoms with Gasteiger partial charge in [0.2, 0.25) is 0 Å². The van der Waals surface area contributed by atoms with Crippen molar-refractivity contribution in [1.29, 1.82) is 0 Å². The molecule has 0 aliphatic rings. The highest BCUT2D eigenvalue weighted by Gasteiger charge is 2.16. The summed E-state index contributed by atoms with van der Waals surface area (Å²) in [6, 6.07) is 7.65. The molecule has 3 nitrogen and oxygen atoms in total. The number of hydrogen-bond donors (Lipinski definition) is 2. The van der Waals surface area contributed by atoms with E-state index in [0.717, 1.165) is 12.8 Å². The highest BCUT2D eigenvalue weighted by atomic mass is 16.1. The monoisotopic (exact) mass is 248 g/mol. The minimum absolute atomic E-state index is 0.00387. The van der Waals surface area contributed by atoms with Crippen molar-refractivity contribution in [2.24, 2.45) is 11.1 Å². The third kappa shape index (κ3) is 4.49. The van der Waals surface area contributed by atoms with Crippen molar-refractivity contribution in [3.63, 3.8) is 0 Å². The standard InChI is InChI=1S/C15H24N2O/c1-4-15(2,3)11-17-14(18)13-7-5-12(6-8-13)9-10-16/h5-8H,4,9-11,16H2,1-3H3,(H,17,18). The zero-order chi connectivity index (χ0) is 13.6. The number of carbonyl (C=O) groups is 1. The molecule has 1 amide bonds. The lowest BCUT2D eigenvalue weighted by Crippen LogP contribution is -2.33. The van der Waals surface area contributed by atoms with E-state index in [1.165, 1.54) is 5.56 Å². The number of carbonyl (C=O) groups excluding carboxylic acids is 1. The molecule has 0 bridgehead atoms.